The molecule has 0 bridgehead atoms. The summed E-state index contributed by atoms with van der Waals surface area (Å²) in [6.45, 7) is 8.47. The Kier molecular flexibility index (Phi) is 7.57. The summed E-state index contributed by atoms with van der Waals surface area (Å²) in [5.41, 5.74) is 4.99. The second kappa shape index (κ2) is 9.73. The third-order valence-electron chi connectivity index (χ3n) is 6.56. The van der Waals surface area contributed by atoms with E-state index in [0.717, 1.165) is 48.4 Å². The number of aliphatic imine (C=N–C) groups is 2. The second-order valence-electron chi connectivity index (χ2n) is 8.55. The Morgan fingerprint density at radius 2 is 1.96 bits per heavy atom. The largest absolute Gasteiger partial charge is 0.393 e. The molecule has 2 N–H and O–H groups in total. The molecule has 0 aromatic carbocycles. The Hall–Kier alpha value is -0.910. The van der Waals surface area contributed by atoms with E-state index < -0.39 is 0 Å². The van der Waals surface area contributed by atoms with Gasteiger partial charge < -0.3 is 10.4 Å². The standard InChI is InChI=1S/C23H37N3OS/c1-6-14(2)22(26-18-10-8-17(24-4)9-11-18)21-20-16(13-15(3)27)7-12-19(20)28-23(21)25-5/h15-19,24,27H,2,6-13H2,1,3-5H3. The Morgan fingerprint density at radius 1 is 1.25 bits per heavy atom. The van der Waals surface area contributed by atoms with Crippen LogP contribution in [0.2, 0.25) is 0 Å². The van der Waals surface area contributed by atoms with Crippen LogP contribution in [0, 0.1) is 5.92 Å². The number of allylic oxidation sites excluding steroid dienone is 1. The maximum absolute atomic E-state index is 10.0. The number of rotatable bonds is 7. The highest BCUT2D eigenvalue weighted by molar-refractivity contribution is 8.15. The van der Waals surface area contributed by atoms with E-state index in [-0.39, 0.29) is 6.10 Å². The van der Waals surface area contributed by atoms with Crippen molar-refractivity contribution in [2.24, 2.45) is 15.9 Å². The Bertz CT molecular complexity index is 671. The number of nitrogens with one attached hydrogen (secondary N) is 1. The van der Waals surface area contributed by atoms with Crippen LogP contribution in [0.15, 0.2) is 33.3 Å². The molecule has 156 valence electrons. The van der Waals surface area contributed by atoms with E-state index in [9.17, 15) is 5.11 Å². The van der Waals surface area contributed by atoms with Gasteiger partial charge in [-0.15, -0.1) is 0 Å². The van der Waals surface area contributed by atoms with Crippen LogP contribution in [0.3, 0.4) is 0 Å². The van der Waals surface area contributed by atoms with Gasteiger partial charge in [0.25, 0.3) is 0 Å². The van der Waals surface area contributed by atoms with Crippen molar-refractivity contribution in [3.8, 4) is 0 Å². The molecule has 0 aromatic heterocycles. The first-order valence-electron chi connectivity index (χ1n) is 11.0. The number of nitrogens with zero attached hydrogens (tertiary/aromatic N) is 2. The summed E-state index contributed by atoms with van der Waals surface area (Å²) in [5, 5.41) is 15.1. The van der Waals surface area contributed by atoms with Gasteiger partial charge in [0.05, 0.1) is 17.9 Å². The molecule has 3 unspecified atom stereocenters. The van der Waals surface area contributed by atoms with Crippen molar-refractivity contribution in [2.45, 2.75) is 88.7 Å². The van der Waals surface area contributed by atoms with Crippen molar-refractivity contribution >= 4 is 22.5 Å². The van der Waals surface area contributed by atoms with Crippen LogP contribution >= 0.6 is 11.8 Å². The molecule has 2 saturated carbocycles. The molecule has 2 fully saturated rings. The highest BCUT2D eigenvalue weighted by Gasteiger charge is 2.42. The van der Waals surface area contributed by atoms with Crippen LogP contribution < -0.4 is 5.32 Å². The van der Waals surface area contributed by atoms with Crippen molar-refractivity contribution in [1.29, 1.82) is 0 Å². The monoisotopic (exact) mass is 403 g/mol. The lowest BCUT2D eigenvalue weighted by molar-refractivity contribution is 0.168. The Morgan fingerprint density at radius 3 is 2.54 bits per heavy atom. The van der Waals surface area contributed by atoms with Gasteiger partial charge in [0.2, 0.25) is 0 Å². The molecular formula is C23H37N3OS. The third-order valence-corrected chi connectivity index (χ3v) is 7.95. The van der Waals surface area contributed by atoms with Gasteiger partial charge in [0.1, 0.15) is 5.04 Å². The first-order chi connectivity index (χ1) is 13.5. The van der Waals surface area contributed by atoms with E-state index in [2.05, 4.69) is 30.9 Å². The minimum atomic E-state index is -0.267. The van der Waals surface area contributed by atoms with Gasteiger partial charge in [-0.2, -0.15) is 0 Å². The summed E-state index contributed by atoms with van der Waals surface area (Å²) in [5.74, 6) is 0.446. The molecule has 1 heterocycles. The van der Waals surface area contributed by atoms with Gasteiger partial charge in [0, 0.05) is 23.9 Å². The van der Waals surface area contributed by atoms with Gasteiger partial charge >= 0.3 is 0 Å². The lowest BCUT2D eigenvalue weighted by atomic mass is 9.87. The molecule has 2 aliphatic carbocycles. The number of hydrogen-bond donors (Lipinski definition) is 2. The van der Waals surface area contributed by atoms with E-state index in [1.807, 2.05) is 25.7 Å². The van der Waals surface area contributed by atoms with Crippen molar-refractivity contribution in [3.05, 3.63) is 23.3 Å². The number of hydrogen-bond acceptors (Lipinski definition) is 5. The van der Waals surface area contributed by atoms with E-state index >= 15 is 0 Å². The lowest BCUT2D eigenvalue weighted by Crippen LogP contribution is -2.32. The summed E-state index contributed by atoms with van der Waals surface area (Å²) in [7, 11) is 3.96. The van der Waals surface area contributed by atoms with Gasteiger partial charge in [-0.1, -0.05) is 25.3 Å². The lowest BCUT2D eigenvalue weighted by Gasteiger charge is -2.27. The van der Waals surface area contributed by atoms with Crippen molar-refractivity contribution < 1.29 is 5.11 Å². The third kappa shape index (κ3) is 4.63. The molecular weight excluding hydrogens is 366 g/mol. The quantitative estimate of drug-likeness (QED) is 0.613. The highest BCUT2D eigenvalue weighted by Crippen LogP contribution is 2.50. The molecule has 0 saturated heterocycles. The molecule has 3 atom stereocenters. The van der Waals surface area contributed by atoms with E-state index in [0.29, 0.717) is 23.3 Å². The van der Waals surface area contributed by atoms with Crippen LogP contribution in [0.25, 0.3) is 0 Å². The summed E-state index contributed by atoms with van der Waals surface area (Å²) in [6, 6.07) is 1.02. The molecule has 0 spiro atoms. The van der Waals surface area contributed by atoms with E-state index in [1.165, 1.54) is 30.4 Å². The normalized spacial score (nSPS) is 33.5. The molecule has 4 nitrogen and oxygen atoms in total. The SMILES string of the molecule is C=C(CC)C(=NC1CCC(NC)CC1)C1=C2C(CC(C)O)CCC2SC1=NC. The summed E-state index contributed by atoms with van der Waals surface area (Å²) < 4.78 is 0. The highest BCUT2D eigenvalue weighted by atomic mass is 32.2. The fraction of sp³-hybridized carbons (Fsp3) is 0.739. The molecule has 28 heavy (non-hydrogen) atoms. The smallest absolute Gasteiger partial charge is 0.100 e. The molecule has 3 rings (SSSR count). The fourth-order valence-electron chi connectivity index (χ4n) is 4.97. The Labute approximate surface area is 175 Å². The predicted octanol–water partition coefficient (Wildman–Crippen LogP) is 4.55. The zero-order valence-corrected chi connectivity index (χ0v) is 18.8. The number of aliphatic hydroxyl groups excluding tert-OH is 1. The Balaban J connectivity index is 1.98. The van der Waals surface area contributed by atoms with Crippen LogP contribution in [0.5, 0.6) is 0 Å². The average Bonchev–Trinajstić information content (AvgIpc) is 3.25. The van der Waals surface area contributed by atoms with Gasteiger partial charge in [-0.05, 0) is 82.4 Å². The van der Waals surface area contributed by atoms with Crippen molar-refractivity contribution in [1.82, 2.24) is 5.32 Å². The second-order valence-corrected chi connectivity index (χ2v) is 9.74. The molecule has 3 aliphatic rings. The van der Waals surface area contributed by atoms with Crippen molar-refractivity contribution in [2.75, 3.05) is 14.1 Å². The van der Waals surface area contributed by atoms with Crippen LogP contribution in [0.1, 0.15) is 65.2 Å². The summed E-state index contributed by atoms with van der Waals surface area (Å²) in [4.78, 5) is 9.95. The minimum Gasteiger partial charge on any atom is -0.393 e. The van der Waals surface area contributed by atoms with Gasteiger partial charge in [0.15, 0.2) is 0 Å². The molecule has 0 aromatic rings. The predicted molar refractivity (Wildman–Crippen MR) is 123 cm³/mol. The zero-order chi connectivity index (χ0) is 20.3. The maximum Gasteiger partial charge on any atom is 0.100 e. The summed E-state index contributed by atoms with van der Waals surface area (Å²) >= 11 is 1.90. The van der Waals surface area contributed by atoms with E-state index in [4.69, 9.17) is 4.99 Å². The van der Waals surface area contributed by atoms with E-state index in [1.54, 1.807) is 0 Å². The van der Waals surface area contributed by atoms with Crippen molar-refractivity contribution in [3.63, 3.8) is 0 Å². The first kappa shape index (κ1) is 21.8. The molecule has 5 heteroatoms. The zero-order valence-electron chi connectivity index (χ0n) is 18.0. The fourth-order valence-corrected chi connectivity index (χ4v) is 6.36. The van der Waals surface area contributed by atoms with Crippen LogP contribution in [0.4, 0.5) is 0 Å². The first-order valence-corrected chi connectivity index (χ1v) is 11.9. The number of aliphatic hydroxyl groups is 1. The number of thioether (sulfide) groups is 1. The minimum absolute atomic E-state index is 0.267. The number of fused-ring (bicyclic) bond motifs is 1. The maximum atomic E-state index is 10.0. The molecule has 0 radical (unpaired) electrons. The topological polar surface area (TPSA) is 57.0 Å². The van der Waals surface area contributed by atoms with Gasteiger partial charge in [-0.3, -0.25) is 9.98 Å². The average molecular weight is 404 g/mol. The molecule has 0 amide bonds. The van der Waals surface area contributed by atoms with Crippen LogP contribution in [-0.4, -0.2) is 53.4 Å². The van der Waals surface area contributed by atoms with Gasteiger partial charge in [-0.25, -0.2) is 0 Å². The van der Waals surface area contributed by atoms with Crippen LogP contribution in [-0.2, 0) is 0 Å². The summed E-state index contributed by atoms with van der Waals surface area (Å²) in [6.07, 6.45) is 8.49. The molecule has 1 aliphatic heterocycles.